The van der Waals surface area contributed by atoms with E-state index in [2.05, 4.69) is 99.4 Å². The van der Waals surface area contributed by atoms with Crippen LogP contribution in [0.3, 0.4) is 0 Å². The first-order valence-electron chi connectivity index (χ1n) is 41.1. The van der Waals surface area contributed by atoms with Crippen LogP contribution in [0.15, 0.2) is 85.1 Å². The van der Waals surface area contributed by atoms with Gasteiger partial charge in [0.25, 0.3) is 0 Å². The maximum Gasteiger partial charge on any atom is 0.326 e. The zero-order valence-corrected chi connectivity index (χ0v) is 71.9. The number of thiol groups is 2. The fraction of sp³-hybridized carbons (Fsp3) is 0.549. The Morgan fingerprint density at radius 2 is 0.927 bits per heavy atom. The molecule has 3 aromatic carbocycles. The fourth-order valence-electron chi connectivity index (χ4n) is 13.6. The summed E-state index contributed by atoms with van der Waals surface area (Å²) >= 11 is 8.42. The summed E-state index contributed by atoms with van der Waals surface area (Å²) in [5, 5.41) is 72.0. The topological polar surface area (TPSA) is 637 Å². The number of hydrogen-bond donors (Lipinski definition) is 24. The highest BCUT2D eigenvalue weighted by Gasteiger charge is 2.40. The lowest BCUT2D eigenvalue weighted by Gasteiger charge is -2.29. The van der Waals surface area contributed by atoms with E-state index in [1.807, 2.05) is 0 Å². The minimum absolute atomic E-state index is 0.0370. The highest BCUT2D eigenvalue weighted by Crippen LogP contribution is 2.23. The number of aromatic hydroxyl groups is 1. The fourth-order valence-corrected chi connectivity index (χ4v) is 14.0. The number of H-pyrrole nitrogens is 1. The number of guanidine groups is 1. The molecule has 0 unspecified atom stereocenters. The minimum atomic E-state index is -1.72. The summed E-state index contributed by atoms with van der Waals surface area (Å²) < 4.78 is 0. The SMILES string of the molecule is CC(C)C[C@H](NC(=O)[C@H](CCC(=O)O)NC(=O)[C@H](CS)NC(=O)[C@H](CC(C)C)NC(=O)[C@H](Cc1c[nH]c2ccccc12)NC(=O)[C@H](CCC(N)=O)NC(=O)[C@H](CC(C)C)NC(=O)[C@@H]1CCCN1C(=O)CNC(=O)[C@H](CCCCN)NC(=O)[C@H](CCCNC(=N)N)NC(=O)[C@@H](N)CS)C(=O)N[C@@H](Cc1ccc(O)cc1)C(=O)N[C@@H](Cc1ccccc1)C(=O)O. The molecule has 1 saturated heterocycles. The lowest BCUT2D eigenvalue weighted by molar-refractivity contribution is -0.142. The van der Waals surface area contributed by atoms with Crippen LogP contribution in [0.5, 0.6) is 5.75 Å². The Balaban J connectivity index is 1.35. The van der Waals surface area contributed by atoms with Crippen LogP contribution in [0.25, 0.3) is 10.9 Å². The summed E-state index contributed by atoms with van der Waals surface area (Å²) in [6.45, 7) is 10.2. The van der Waals surface area contributed by atoms with E-state index in [0.29, 0.717) is 46.9 Å². The largest absolute Gasteiger partial charge is 0.508 e. The maximum atomic E-state index is 15.1. The average molecular weight is 1760 g/mol. The number of aromatic amines is 1. The first-order valence-corrected chi connectivity index (χ1v) is 42.3. The molecule has 2 heterocycles. The number of carboxylic acid groups (broad SMARTS) is 2. The van der Waals surface area contributed by atoms with Gasteiger partial charge in [-0.3, -0.25) is 77.3 Å². The first-order chi connectivity index (χ1) is 58.3. The predicted octanol–water partition coefficient (Wildman–Crippen LogP) is -1.73. The van der Waals surface area contributed by atoms with Gasteiger partial charge in [-0.15, -0.1) is 0 Å². The lowest BCUT2D eigenvalue weighted by atomic mass is 9.99. The van der Waals surface area contributed by atoms with Crippen molar-refractivity contribution in [1.82, 2.24) is 79.0 Å². The van der Waals surface area contributed by atoms with Gasteiger partial charge in [-0.2, -0.15) is 25.3 Å². The molecule has 4 aromatic rings. The van der Waals surface area contributed by atoms with Gasteiger partial charge < -0.3 is 117 Å². The molecule has 0 bridgehead atoms. The Hall–Kier alpha value is -11.6. The molecule has 0 radical (unpaired) electrons. The van der Waals surface area contributed by atoms with Gasteiger partial charge in [0, 0.05) is 73.8 Å². The maximum absolute atomic E-state index is 15.1. The zero-order chi connectivity index (χ0) is 91.2. The molecule has 1 fully saturated rings. The zero-order valence-electron chi connectivity index (χ0n) is 70.1. The summed E-state index contributed by atoms with van der Waals surface area (Å²) in [6, 6.07) is 2.53. The number of aliphatic carboxylic acids is 2. The second-order valence-corrected chi connectivity index (χ2v) is 32.4. The van der Waals surface area contributed by atoms with Crippen molar-refractivity contribution in [2.24, 2.45) is 40.7 Å². The number of phenolic OH excluding ortho intramolecular Hbond substituents is 1. The molecule has 13 atom stereocenters. The normalized spacial score (nSPS) is 15.4. The highest BCUT2D eigenvalue weighted by molar-refractivity contribution is 7.80. The van der Waals surface area contributed by atoms with Crippen LogP contribution < -0.4 is 92.1 Å². The highest BCUT2D eigenvalue weighted by atomic mass is 32.1. The Morgan fingerprint density at radius 3 is 1.45 bits per heavy atom. The van der Waals surface area contributed by atoms with Gasteiger partial charge in [-0.1, -0.05) is 102 Å². The number of unbranched alkanes of at least 4 members (excludes halogenated alkanes) is 1. The van der Waals surface area contributed by atoms with Crippen molar-refractivity contribution in [2.75, 3.05) is 37.7 Å². The number of nitrogens with two attached hydrogens (primary N) is 4. The number of likely N-dealkylation sites (tertiary alicyclic amines) is 1. The number of fused-ring (bicyclic) bond motifs is 1. The van der Waals surface area contributed by atoms with Crippen LogP contribution in [0.2, 0.25) is 0 Å². The summed E-state index contributed by atoms with van der Waals surface area (Å²) in [5.41, 5.74) is 24.8. The van der Waals surface area contributed by atoms with Crippen molar-refractivity contribution >= 4 is 137 Å². The van der Waals surface area contributed by atoms with Crippen molar-refractivity contribution < 1.29 is 92.0 Å². The van der Waals surface area contributed by atoms with E-state index in [9.17, 15) is 87.2 Å². The number of nitrogens with zero attached hydrogens (tertiary/aromatic N) is 1. The van der Waals surface area contributed by atoms with Crippen LogP contribution in [0.4, 0.5) is 0 Å². The van der Waals surface area contributed by atoms with E-state index in [4.69, 9.17) is 28.3 Å². The van der Waals surface area contributed by atoms with Crippen LogP contribution in [0.1, 0.15) is 148 Å². The van der Waals surface area contributed by atoms with E-state index in [1.165, 1.54) is 29.2 Å². The van der Waals surface area contributed by atoms with E-state index < -0.39 is 211 Å². The van der Waals surface area contributed by atoms with Gasteiger partial charge in [-0.05, 0) is 136 Å². The molecular weight excluding hydrogens is 1630 g/mol. The Bertz CT molecular complexity index is 4270. The monoisotopic (exact) mass is 1750 g/mol. The van der Waals surface area contributed by atoms with Gasteiger partial charge in [0.05, 0.1) is 12.6 Å². The van der Waals surface area contributed by atoms with E-state index >= 15 is 4.79 Å². The Kier molecular flexibility index (Phi) is 43.1. The molecule has 0 aliphatic carbocycles. The summed E-state index contributed by atoms with van der Waals surface area (Å²) in [7, 11) is 0. The molecule has 1 aliphatic rings. The lowest BCUT2D eigenvalue weighted by Crippen LogP contribution is -2.61. The molecule has 5 rings (SSSR count). The van der Waals surface area contributed by atoms with Crippen LogP contribution >= 0.6 is 25.3 Å². The van der Waals surface area contributed by atoms with Crippen molar-refractivity contribution in [3.63, 3.8) is 0 Å². The minimum Gasteiger partial charge on any atom is -0.508 e. The molecular formula is C82H122N20O19S2. The third kappa shape index (κ3) is 35.4. The molecule has 41 heteroatoms. The smallest absolute Gasteiger partial charge is 0.326 e. The number of amides is 14. The summed E-state index contributed by atoms with van der Waals surface area (Å²) in [6.07, 6.45) is 0.175. The molecule has 676 valence electrons. The Morgan fingerprint density at radius 1 is 0.488 bits per heavy atom. The van der Waals surface area contributed by atoms with Crippen LogP contribution in [-0.4, -0.2) is 242 Å². The van der Waals surface area contributed by atoms with Gasteiger partial charge in [0.15, 0.2) is 5.96 Å². The van der Waals surface area contributed by atoms with E-state index in [1.54, 1.807) is 102 Å². The number of rotatable bonds is 54. The van der Waals surface area contributed by atoms with Crippen molar-refractivity contribution in [2.45, 2.75) is 229 Å². The molecule has 1 aliphatic heterocycles. The number of hydrogen-bond acceptors (Lipinski definition) is 22. The first kappa shape index (κ1) is 102. The summed E-state index contributed by atoms with van der Waals surface area (Å²) in [4.78, 5) is 228. The van der Waals surface area contributed by atoms with Gasteiger partial charge in [0.1, 0.15) is 78.3 Å². The molecule has 39 nitrogen and oxygen atoms in total. The number of carbonyl (C=O) groups excluding carboxylic acids is 14. The number of nitrogens with one attached hydrogen (secondary N) is 15. The average Bonchev–Trinajstić information content (AvgIpc) is 1.74. The molecule has 123 heavy (non-hydrogen) atoms. The van der Waals surface area contributed by atoms with Gasteiger partial charge in [-0.25, -0.2) is 4.79 Å². The van der Waals surface area contributed by atoms with Crippen molar-refractivity contribution in [3.8, 4) is 5.75 Å². The Labute approximate surface area is 724 Å². The van der Waals surface area contributed by atoms with Gasteiger partial charge >= 0.3 is 11.9 Å². The van der Waals surface area contributed by atoms with E-state index in [-0.39, 0.29) is 119 Å². The van der Waals surface area contributed by atoms with Crippen molar-refractivity contribution in [1.29, 1.82) is 5.41 Å². The molecule has 14 amide bonds. The van der Waals surface area contributed by atoms with Gasteiger partial charge in [0.2, 0.25) is 82.7 Å². The van der Waals surface area contributed by atoms with E-state index in [0.717, 1.165) is 0 Å². The molecule has 0 saturated carbocycles. The summed E-state index contributed by atoms with van der Waals surface area (Å²) in [5.74, 6) is -17.1. The standard InChI is InChI=1S/C82H122N20O19S2/c1-44(2)34-58(75(114)97-61(37-48-23-25-50(103)26-24-48)77(116)100-63(81(120)121)38-47-16-8-7-9-17-47)95-73(112)57(28-30-68(106)107)94-79(118)64(43-123)101-76(115)59(35-45(3)4)96-78(117)62(39-49-40-89-53-19-11-10-18-51(49)53)98-72(111)56(27-29-66(85)104)93-74(113)60(36-46(5)6)99-80(119)65-22-15-33-102(65)67(105)41-90-70(109)54(20-12-13-31-83)92-71(110)55(21-14-32-88-82(86)87)91-69(108)52(84)42-122/h7-11,16-19,23-26,40,44-46,52,54-65,89,103,122-123H,12-15,20-22,27-39,41-43,83-84H2,1-6H3,(H2,85,104)(H,90,109)(H,91,108)(H,92,110)(H,93,113)(H,94,118)(H,95,112)(H,96,117)(H,97,114)(H,98,111)(H,99,119)(H,100,116)(H,101,115)(H,106,107)(H,120,121)(H4,86,87,88)/t52-,54-,55-,56-,57-,58-,59-,60-,61-,62-,63-,64-,65-/m0/s1. The second-order valence-electron chi connectivity index (χ2n) is 31.7. The number of primary amides is 1. The third-order valence-corrected chi connectivity index (χ3v) is 20.8. The molecule has 26 N–H and O–H groups in total. The number of carboxylic acids is 2. The second kappa shape index (κ2) is 52.0. The quantitative estimate of drug-likeness (QED) is 0.0101. The number of phenols is 1. The van der Waals surface area contributed by atoms with Crippen molar-refractivity contribution in [3.05, 3.63) is 102 Å². The third-order valence-electron chi connectivity index (χ3n) is 20.1. The number of benzene rings is 3. The molecule has 0 spiro atoms. The number of aromatic nitrogens is 1. The van der Waals surface area contributed by atoms with Crippen LogP contribution in [0, 0.1) is 23.2 Å². The molecule has 1 aromatic heterocycles. The predicted molar refractivity (Wildman–Crippen MR) is 462 cm³/mol. The van der Waals surface area contributed by atoms with Crippen LogP contribution in [-0.2, 0) is 96.0 Å². The number of carbonyl (C=O) groups is 16. The number of para-hydroxylation sites is 1.